The molecule has 0 fully saturated rings. The van der Waals surface area contributed by atoms with Crippen LogP contribution >= 0.6 is 11.6 Å². The van der Waals surface area contributed by atoms with Crippen molar-refractivity contribution in [3.05, 3.63) is 41.0 Å². The van der Waals surface area contributed by atoms with Gasteiger partial charge in [0.05, 0.1) is 17.3 Å². The Morgan fingerprint density at radius 3 is 2.94 bits per heavy atom. The van der Waals surface area contributed by atoms with E-state index in [2.05, 4.69) is 22.4 Å². The van der Waals surface area contributed by atoms with E-state index in [1.807, 2.05) is 24.3 Å². The summed E-state index contributed by atoms with van der Waals surface area (Å²) in [6.07, 6.45) is 1.85. The summed E-state index contributed by atoms with van der Waals surface area (Å²) in [6.45, 7) is 2.57. The summed E-state index contributed by atoms with van der Waals surface area (Å²) in [7, 11) is 0. The number of benzene rings is 1. The number of nitrogens with zero attached hydrogens (tertiary/aromatic N) is 2. The lowest BCUT2D eigenvalue weighted by atomic mass is 10.3. The van der Waals surface area contributed by atoms with Crippen LogP contribution in [0.3, 0.4) is 0 Å². The maximum absolute atomic E-state index is 6.02. The smallest absolute Gasteiger partial charge is 0.245 e. The van der Waals surface area contributed by atoms with Gasteiger partial charge in [0.25, 0.3) is 0 Å². The van der Waals surface area contributed by atoms with Gasteiger partial charge in [-0.25, -0.2) is 0 Å². The van der Waals surface area contributed by atoms with E-state index < -0.39 is 0 Å². The molecule has 1 aromatic carbocycles. The Hall–Kier alpha value is -1.55. The van der Waals surface area contributed by atoms with Crippen molar-refractivity contribution < 1.29 is 4.52 Å². The van der Waals surface area contributed by atoms with Crippen LogP contribution in [0.5, 0.6) is 0 Å². The molecule has 2 aromatic rings. The van der Waals surface area contributed by atoms with Crippen LogP contribution in [0.25, 0.3) is 0 Å². The Bertz CT molecular complexity index is 484. The normalized spacial score (nSPS) is 10.5. The molecule has 0 atom stereocenters. The van der Waals surface area contributed by atoms with Crippen LogP contribution in [0.15, 0.2) is 28.8 Å². The topological polar surface area (TPSA) is 51.0 Å². The lowest BCUT2D eigenvalue weighted by Gasteiger charge is -2.04. The van der Waals surface area contributed by atoms with E-state index in [4.69, 9.17) is 16.1 Å². The number of anilines is 1. The molecule has 0 saturated carbocycles. The van der Waals surface area contributed by atoms with E-state index in [-0.39, 0.29) is 0 Å². The summed E-state index contributed by atoms with van der Waals surface area (Å²) < 4.78 is 5.11. The molecule has 90 valence electrons. The summed E-state index contributed by atoms with van der Waals surface area (Å²) in [5, 5.41) is 7.72. The molecule has 17 heavy (non-hydrogen) atoms. The Morgan fingerprint density at radius 1 is 1.35 bits per heavy atom. The summed E-state index contributed by atoms with van der Waals surface area (Å²) in [6, 6.07) is 7.55. The SMILES string of the molecule is CCCc1noc(CNc2ccccc2Cl)n1. The van der Waals surface area contributed by atoms with Gasteiger partial charge in [-0.1, -0.05) is 35.8 Å². The number of hydrogen-bond acceptors (Lipinski definition) is 4. The summed E-state index contributed by atoms with van der Waals surface area (Å²) >= 11 is 6.02. The molecule has 1 N–H and O–H groups in total. The number of hydrogen-bond donors (Lipinski definition) is 1. The third kappa shape index (κ3) is 3.20. The highest BCUT2D eigenvalue weighted by atomic mass is 35.5. The predicted molar refractivity (Wildman–Crippen MR) is 67.1 cm³/mol. The standard InChI is InChI=1S/C12H14ClN3O/c1-2-5-11-15-12(17-16-11)8-14-10-7-4-3-6-9(10)13/h3-4,6-7,14H,2,5,8H2,1H3. The van der Waals surface area contributed by atoms with E-state index in [0.29, 0.717) is 17.5 Å². The largest absolute Gasteiger partial charge is 0.375 e. The molecule has 0 aliphatic carbocycles. The zero-order valence-corrected chi connectivity index (χ0v) is 10.4. The number of para-hydroxylation sites is 1. The molecule has 0 unspecified atom stereocenters. The molecule has 0 aliphatic heterocycles. The van der Waals surface area contributed by atoms with Crippen LogP contribution in [0.1, 0.15) is 25.1 Å². The average Bonchev–Trinajstić information content (AvgIpc) is 2.76. The molecule has 0 saturated heterocycles. The third-order valence-corrected chi connectivity index (χ3v) is 2.62. The Balaban J connectivity index is 1.95. The second-order valence-electron chi connectivity index (χ2n) is 3.69. The highest BCUT2D eigenvalue weighted by molar-refractivity contribution is 6.33. The molecule has 1 aromatic heterocycles. The van der Waals surface area contributed by atoms with Crippen molar-refractivity contribution in [3.63, 3.8) is 0 Å². The van der Waals surface area contributed by atoms with Crippen LogP contribution in [0.2, 0.25) is 5.02 Å². The van der Waals surface area contributed by atoms with Crippen molar-refractivity contribution in [2.24, 2.45) is 0 Å². The monoisotopic (exact) mass is 251 g/mol. The Labute approximate surface area is 105 Å². The zero-order chi connectivity index (χ0) is 12.1. The van der Waals surface area contributed by atoms with Crippen LogP contribution in [0, 0.1) is 0 Å². The Morgan fingerprint density at radius 2 is 2.18 bits per heavy atom. The van der Waals surface area contributed by atoms with Crippen LogP contribution in [0.4, 0.5) is 5.69 Å². The first-order valence-corrected chi connectivity index (χ1v) is 5.97. The first kappa shape index (κ1) is 11.9. The molecule has 0 radical (unpaired) electrons. The van der Waals surface area contributed by atoms with Gasteiger partial charge < -0.3 is 9.84 Å². The second kappa shape index (κ2) is 5.68. The van der Waals surface area contributed by atoms with Crippen molar-refractivity contribution in [1.82, 2.24) is 10.1 Å². The highest BCUT2D eigenvalue weighted by Crippen LogP contribution is 2.20. The number of aryl methyl sites for hydroxylation is 1. The molecule has 5 heteroatoms. The first-order chi connectivity index (χ1) is 8.29. The molecule has 0 aliphatic rings. The molecule has 4 nitrogen and oxygen atoms in total. The van der Waals surface area contributed by atoms with E-state index >= 15 is 0 Å². The average molecular weight is 252 g/mol. The molecule has 0 amide bonds. The van der Waals surface area contributed by atoms with Crippen LogP contribution in [-0.4, -0.2) is 10.1 Å². The van der Waals surface area contributed by atoms with E-state index in [9.17, 15) is 0 Å². The van der Waals surface area contributed by atoms with Gasteiger partial charge in [-0.05, 0) is 18.6 Å². The van der Waals surface area contributed by atoms with Crippen LogP contribution < -0.4 is 5.32 Å². The zero-order valence-electron chi connectivity index (χ0n) is 9.61. The number of nitrogens with one attached hydrogen (secondary N) is 1. The maximum atomic E-state index is 6.02. The lowest BCUT2D eigenvalue weighted by Crippen LogP contribution is -2.00. The van der Waals surface area contributed by atoms with Crippen molar-refractivity contribution in [2.75, 3.05) is 5.32 Å². The van der Waals surface area contributed by atoms with Gasteiger partial charge in [0.15, 0.2) is 5.82 Å². The highest BCUT2D eigenvalue weighted by Gasteiger charge is 2.05. The van der Waals surface area contributed by atoms with E-state index in [1.54, 1.807) is 0 Å². The molecular weight excluding hydrogens is 238 g/mol. The van der Waals surface area contributed by atoms with Gasteiger partial charge in [-0.2, -0.15) is 4.98 Å². The number of rotatable bonds is 5. The third-order valence-electron chi connectivity index (χ3n) is 2.29. The quantitative estimate of drug-likeness (QED) is 0.886. The van der Waals surface area contributed by atoms with Gasteiger partial charge in [0, 0.05) is 6.42 Å². The summed E-state index contributed by atoms with van der Waals surface area (Å²) in [5.74, 6) is 1.33. The van der Waals surface area contributed by atoms with Gasteiger partial charge >= 0.3 is 0 Å². The second-order valence-corrected chi connectivity index (χ2v) is 4.09. The minimum absolute atomic E-state index is 0.487. The predicted octanol–water partition coefficient (Wildman–Crippen LogP) is 3.29. The van der Waals surface area contributed by atoms with Crippen molar-refractivity contribution in [1.29, 1.82) is 0 Å². The number of aromatic nitrogens is 2. The molecule has 0 spiro atoms. The fourth-order valence-electron chi connectivity index (χ4n) is 1.46. The summed E-state index contributed by atoms with van der Waals surface area (Å²) in [4.78, 5) is 4.26. The fourth-order valence-corrected chi connectivity index (χ4v) is 1.67. The fraction of sp³-hybridized carbons (Fsp3) is 0.333. The summed E-state index contributed by atoms with van der Waals surface area (Å²) in [5.41, 5.74) is 0.865. The molecule has 0 bridgehead atoms. The minimum atomic E-state index is 0.487. The van der Waals surface area contributed by atoms with Crippen molar-refractivity contribution in [2.45, 2.75) is 26.3 Å². The van der Waals surface area contributed by atoms with Crippen molar-refractivity contribution in [3.8, 4) is 0 Å². The number of halogens is 1. The maximum Gasteiger partial charge on any atom is 0.245 e. The van der Waals surface area contributed by atoms with Gasteiger partial charge in [0.1, 0.15) is 0 Å². The Kier molecular flexibility index (Phi) is 3.98. The van der Waals surface area contributed by atoms with E-state index in [1.165, 1.54) is 0 Å². The van der Waals surface area contributed by atoms with E-state index in [0.717, 1.165) is 24.4 Å². The first-order valence-electron chi connectivity index (χ1n) is 5.59. The van der Waals surface area contributed by atoms with Gasteiger partial charge in [-0.15, -0.1) is 0 Å². The van der Waals surface area contributed by atoms with Gasteiger partial charge in [-0.3, -0.25) is 0 Å². The van der Waals surface area contributed by atoms with Gasteiger partial charge in [0.2, 0.25) is 5.89 Å². The molecule has 1 heterocycles. The lowest BCUT2D eigenvalue weighted by molar-refractivity contribution is 0.377. The minimum Gasteiger partial charge on any atom is -0.375 e. The van der Waals surface area contributed by atoms with Crippen molar-refractivity contribution >= 4 is 17.3 Å². The molecular formula is C12H14ClN3O. The van der Waals surface area contributed by atoms with Crippen LogP contribution in [-0.2, 0) is 13.0 Å². The molecule has 2 rings (SSSR count).